The second-order valence-corrected chi connectivity index (χ2v) is 6.29. The van der Waals surface area contributed by atoms with Crippen molar-refractivity contribution < 1.29 is 0 Å². The third-order valence-corrected chi connectivity index (χ3v) is 4.56. The normalized spacial score (nSPS) is 13.6. The Morgan fingerprint density at radius 1 is 1.08 bits per heavy atom. The molecule has 0 saturated heterocycles. The quantitative estimate of drug-likeness (QED) is 0.580. The molecular weight excluding hydrogens is 198 g/mol. The van der Waals surface area contributed by atoms with E-state index in [4.69, 9.17) is 0 Å². The van der Waals surface area contributed by atoms with Crippen LogP contribution in [0.5, 0.6) is 0 Å². The predicted octanol–water partition coefficient (Wildman–Crippen LogP) is 3.16. The molecule has 0 rings (SSSR count). The first-order chi connectivity index (χ1) is 6.24. The summed E-state index contributed by atoms with van der Waals surface area (Å²) in [6.45, 7) is 12.6. The van der Waals surface area contributed by atoms with E-state index in [0.29, 0.717) is 0 Å². The van der Waals surface area contributed by atoms with Crippen LogP contribution in [0, 0.1) is 0 Å². The molecule has 0 aliphatic carbocycles. The molecule has 0 bridgehead atoms. The Kier molecular flexibility index (Phi) is 9.69. The number of rotatable bonds is 8. The van der Waals surface area contributed by atoms with E-state index in [1.165, 1.54) is 31.1 Å². The summed E-state index contributed by atoms with van der Waals surface area (Å²) in [6.07, 6.45) is 0. The smallest absolute Gasteiger partial charge is 0.0474 e. The highest BCUT2D eigenvalue weighted by molar-refractivity contribution is 8.16. The average molecular weight is 221 g/mol. The minimum absolute atomic E-state index is 0.764. The van der Waals surface area contributed by atoms with Gasteiger partial charge >= 0.3 is 0 Å². The lowest BCUT2D eigenvalue weighted by molar-refractivity contribution is 0.324. The highest BCUT2D eigenvalue weighted by Crippen LogP contribution is 2.22. The van der Waals surface area contributed by atoms with Crippen molar-refractivity contribution in [2.75, 3.05) is 31.1 Å². The van der Waals surface area contributed by atoms with Gasteiger partial charge in [-0.05, 0) is 25.8 Å². The van der Waals surface area contributed by atoms with Crippen LogP contribution in [0.2, 0.25) is 0 Å². The van der Waals surface area contributed by atoms with Crippen molar-refractivity contribution in [3.05, 3.63) is 0 Å². The molecule has 1 nitrogen and oxygen atoms in total. The maximum Gasteiger partial charge on any atom is 0.0474 e. The Bertz CT molecular complexity index is 105. The Morgan fingerprint density at radius 2 is 1.69 bits per heavy atom. The fourth-order valence-corrected chi connectivity index (χ4v) is 3.42. The molecule has 0 aromatic carbocycles. The van der Waals surface area contributed by atoms with Crippen molar-refractivity contribution in [1.29, 1.82) is 0 Å². The monoisotopic (exact) mass is 221 g/mol. The van der Waals surface area contributed by atoms with E-state index in [0.717, 1.165) is 4.58 Å². The van der Waals surface area contributed by atoms with E-state index in [9.17, 15) is 0 Å². The number of nitrogens with zero attached hydrogens (tertiary/aromatic N) is 1. The van der Waals surface area contributed by atoms with Crippen LogP contribution in [0.15, 0.2) is 0 Å². The summed E-state index contributed by atoms with van der Waals surface area (Å²) < 4.78 is 0.764. The minimum Gasteiger partial charge on any atom is -0.303 e. The first-order valence-electron chi connectivity index (χ1n) is 5.20. The minimum atomic E-state index is 0.764. The summed E-state index contributed by atoms with van der Waals surface area (Å²) in [4.78, 5) is 2.48. The molecule has 0 radical (unpaired) electrons. The van der Waals surface area contributed by atoms with E-state index >= 15 is 0 Å². The molecule has 1 unspecified atom stereocenters. The molecule has 1 atom stereocenters. The van der Waals surface area contributed by atoms with E-state index in [2.05, 4.69) is 44.4 Å². The largest absolute Gasteiger partial charge is 0.303 e. The van der Waals surface area contributed by atoms with Crippen LogP contribution >= 0.6 is 23.5 Å². The lowest BCUT2D eigenvalue weighted by Crippen LogP contribution is -2.25. The van der Waals surface area contributed by atoms with E-state index < -0.39 is 0 Å². The summed E-state index contributed by atoms with van der Waals surface area (Å²) in [5.74, 6) is 2.51. The van der Waals surface area contributed by atoms with Crippen LogP contribution in [-0.2, 0) is 0 Å². The van der Waals surface area contributed by atoms with Gasteiger partial charge in [0, 0.05) is 16.9 Å². The van der Waals surface area contributed by atoms with Crippen LogP contribution in [-0.4, -0.2) is 40.6 Å². The predicted molar refractivity (Wildman–Crippen MR) is 67.8 cm³/mol. The second-order valence-electron chi connectivity index (χ2n) is 2.92. The van der Waals surface area contributed by atoms with Gasteiger partial charge in [0.1, 0.15) is 0 Å². The Balaban J connectivity index is 3.32. The van der Waals surface area contributed by atoms with Crippen LogP contribution < -0.4 is 0 Å². The molecular formula is C10H23NS2. The summed E-state index contributed by atoms with van der Waals surface area (Å²) in [5, 5.41) is 0. The Hall–Kier alpha value is 0.660. The van der Waals surface area contributed by atoms with Crippen LogP contribution in [0.1, 0.15) is 27.7 Å². The van der Waals surface area contributed by atoms with Gasteiger partial charge in [0.2, 0.25) is 0 Å². The van der Waals surface area contributed by atoms with Gasteiger partial charge in [-0.2, -0.15) is 0 Å². The van der Waals surface area contributed by atoms with Crippen molar-refractivity contribution in [2.24, 2.45) is 0 Å². The third-order valence-electron chi connectivity index (χ3n) is 2.06. The van der Waals surface area contributed by atoms with Gasteiger partial charge < -0.3 is 4.90 Å². The Morgan fingerprint density at radius 3 is 2.15 bits per heavy atom. The van der Waals surface area contributed by atoms with Crippen LogP contribution in [0.3, 0.4) is 0 Å². The third kappa shape index (κ3) is 7.71. The van der Waals surface area contributed by atoms with Crippen molar-refractivity contribution in [3.8, 4) is 0 Å². The molecule has 0 aromatic rings. The maximum absolute atomic E-state index is 2.48. The lowest BCUT2D eigenvalue weighted by Gasteiger charge is -2.18. The first-order valence-corrected chi connectivity index (χ1v) is 7.29. The maximum atomic E-state index is 2.48. The summed E-state index contributed by atoms with van der Waals surface area (Å²) in [6, 6.07) is 0. The molecule has 0 amide bonds. The number of hydrogen-bond acceptors (Lipinski definition) is 3. The average Bonchev–Trinajstić information content (AvgIpc) is 2.13. The van der Waals surface area contributed by atoms with Gasteiger partial charge in [-0.1, -0.05) is 20.8 Å². The molecule has 0 heterocycles. The zero-order chi connectivity index (χ0) is 10.1. The van der Waals surface area contributed by atoms with Gasteiger partial charge in [-0.25, -0.2) is 0 Å². The van der Waals surface area contributed by atoms with E-state index in [-0.39, 0.29) is 0 Å². The molecule has 13 heavy (non-hydrogen) atoms. The zero-order valence-corrected chi connectivity index (χ0v) is 11.0. The molecule has 0 aliphatic rings. The molecule has 80 valence electrons. The number of hydrogen-bond donors (Lipinski definition) is 0. The highest BCUT2D eigenvalue weighted by Gasteiger charge is 2.03. The van der Waals surface area contributed by atoms with Crippen molar-refractivity contribution in [1.82, 2.24) is 4.90 Å². The van der Waals surface area contributed by atoms with E-state index in [1.54, 1.807) is 0 Å². The summed E-state index contributed by atoms with van der Waals surface area (Å²) in [5.41, 5.74) is 0. The summed E-state index contributed by atoms with van der Waals surface area (Å²) in [7, 11) is 0. The topological polar surface area (TPSA) is 3.24 Å². The van der Waals surface area contributed by atoms with Crippen molar-refractivity contribution >= 4 is 23.5 Å². The molecule has 0 aromatic heterocycles. The fraction of sp³-hybridized carbons (Fsp3) is 1.00. The second kappa shape index (κ2) is 9.22. The zero-order valence-electron chi connectivity index (χ0n) is 9.38. The van der Waals surface area contributed by atoms with Crippen molar-refractivity contribution in [3.63, 3.8) is 0 Å². The van der Waals surface area contributed by atoms with Gasteiger partial charge in [0.25, 0.3) is 0 Å². The lowest BCUT2D eigenvalue weighted by atomic mass is 10.5. The van der Waals surface area contributed by atoms with Crippen molar-refractivity contribution in [2.45, 2.75) is 32.3 Å². The highest BCUT2D eigenvalue weighted by atomic mass is 32.2. The van der Waals surface area contributed by atoms with Gasteiger partial charge in [0.05, 0.1) is 0 Å². The SMILES string of the molecule is CCSC(C)SCCN(CC)CC. The van der Waals surface area contributed by atoms with Gasteiger partial charge in [0.15, 0.2) is 0 Å². The van der Waals surface area contributed by atoms with Crippen LogP contribution in [0.4, 0.5) is 0 Å². The standard InChI is InChI=1S/C10H23NS2/c1-5-11(6-2)8-9-13-10(4)12-7-3/h10H,5-9H2,1-4H3. The Labute approximate surface area is 92.0 Å². The van der Waals surface area contributed by atoms with Gasteiger partial charge in [-0.3, -0.25) is 0 Å². The van der Waals surface area contributed by atoms with E-state index in [1.807, 2.05) is 11.8 Å². The molecule has 0 spiro atoms. The first kappa shape index (κ1) is 13.7. The molecule has 0 N–H and O–H groups in total. The number of thioether (sulfide) groups is 2. The molecule has 0 aliphatic heterocycles. The molecule has 0 saturated carbocycles. The van der Waals surface area contributed by atoms with Crippen LogP contribution in [0.25, 0.3) is 0 Å². The fourth-order valence-electron chi connectivity index (χ4n) is 1.17. The van der Waals surface area contributed by atoms with Gasteiger partial charge in [-0.15, -0.1) is 23.5 Å². The summed E-state index contributed by atoms with van der Waals surface area (Å²) >= 11 is 4.12. The molecule has 3 heteroatoms. The molecule has 0 fully saturated rings.